The van der Waals surface area contributed by atoms with E-state index < -0.39 is 41.9 Å². The molecular formula is C24H21N8O9S2+. The Morgan fingerprint density at radius 2 is 1.60 bits per heavy atom. The lowest BCUT2D eigenvalue weighted by molar-refractivity contribution is -0.108. The molecule has 0 bridgehead atoms. The fourth-order valence-corrected chi connectivity index (χ4v) is 4.62. The van der Waals surface area contributed by atoms with Gasteiger partial charge in [-0.05, 0) is 71.0 Å². The molecule has 222 valence electrons. The summed E-state index contributed by atoms with van der Waals surface area (Å²) < 4.78 is 63.0. The predicted molar refractivity (Wildman–Crippen MR) is 155 cm³/mol. The lowest BCUT2D eigenvalue weighted by atomic mass is 10.1. The second kappa shape index (κ2) is 12.1. The van der Waals surface area contributed by atoms with Gasteiger partial charge in [0, 0.05) is 11.8 Å². The van der Waals surface area contributed by atoms with Crippen molar-refractivity contribution < 1.29 is 41.5 Å². The summed E-state index contributed by atoms with van der Waals surface area (Å²) in [7, 11) is -9.07. The first-order valence-corrected chi connectivity index (χ1v) is 14.5. The molecule has 0 atom stereocenters. The number of hydrogen-bond donors (Lipinski definition) is 8. The average Bonchev–Trinajstić information content (AvgIpc) is 2.92. The number of anilines is 3. The van der Waals surface area contributed by atoms with E-state index in [9.17, 15) is 31.1 Å². The van der Waals surface area contributed by atoms with Crippen molar-refractivity contribution in [2.75, 3.05) is 10.5 Å². The molecule has 2 aliphatic carbocycles. The number of nitrogens with one attached hydrogen (secondary N) is 2. The largest absolute Gasteiger partial charge is 0.397 e. The van der Waals surface area contributed by atoms with Gasteiger partial charge < -0.3 is 11.1 Å². The van der Waals surface area contributed by atoms with Crippen LogP contribution in [0.2, 0.25) is 0 Å². The van der Waals surface area contributed by atoms with Crippen LogP contribution in [-0.4, -0.2) is 55.4 Å². The van der Waals surface area contributed by atoms with Crippen LogP contribution in [0.15, 0.2) is 114 Å². The molecule has 0 radical (unpaired) electrons. The number of ketones is 1. The van der Waals surface area contributed by atoms with E-state index in [1.807, 2.05) is 0 Å². The minimum absolute atomic E-state index is 0.00809. The molecule has 0 aliphatic heterocycles. The number of carbonyl (C=O) groups is 1. The third kappa shape index (κ3) is 7.64. The quantitative estimate of drug-likeness (QED) is 0.0685. The van der Waals surface area contributed by atoms with Crippen molar-refractivity contribution in [3.8, 4) is 0 Å². The topological polar surface area (TPSA) is 284 Å². The number of rotatable bonds is 8. The Balaban J connectivity index is 1.54. The van der Waals surface area contributed by atoms with Gasteiger partial charge in [-0.15, -0.1) is 20.5 Å². The molecule has 43 heavy (non-hydrogen) atoms. The highest BCUT2D eigenvalue weighted by Crippen LogP contribution is 2.31. The molecule has 9 N–H and O–H groups in total. The van der Waals surface area contributed by atoms with Gasteiger partial charge >= 0.3 is 10.5 Å². The van der Waals surface area contributed by atoms with Gasteiger partial charge in [0.05, 0.1) is 27.7 Å². The molecule has 2 aromatic rings. The standard InChI is InChI=1S/C24H20N8O9S2/c25-17-11-18(26)21(30-31-22-10-16(42(36,37)38)6-8-23(22)33)12-20(17)29-28-14-3-1-13(2-4-14)27-19-7-5-15(32(34)35)9-24(19)43(39,40)41/h1-12,34-35H,(H6-,25,26,27,29,30,33,36,37,38,39,40,41)/p+1. The number of carbonyl (C=O) groups excluding carboxylic acids is 1. The van der Waals surface area contributed by atoms with Gasteiger partial charge in [-0.2, -0.15) is 22.6 Å². The molecular weight excluding hydrogens is 608 g/mol. The Bertz CT molecular complexity index is 1880. The van der Waals surface area contributed by atoms with E-state index in [0.29, 0.717) is 11.4 Å². The average molecular weight is 630 g/mol. The molecule has 0 fully saturated rings. The maximum absolute atomic E-state index is 12.0. The van der Waals surface area contributed by atoms with Crippen LogP contribution in [0.3, 0.4) is 0 Å². The van der Waals surface area contributed by atoms with Crippen molar-refractivity contribution in [1.29, 1.82) is 5.41 Å². The molecule has 0 aromatic heterocycles. The minimum atomic E-state index is -4.59. The molecule has 0 heterocycles. The monoisotopic (exact) mass is 629 g/mol. The SMILES string of the molecule is N=C1C=C(N)C(N=Nc2ccc(Nc3ccc(N(O)O)cc3[S+](=O)(O)O)cc2)=CC1=NN=C1C=C(S(=O)(=O)O)C=CC1=O. The molecule has 0 amide bonds. The molecule has 0 saturated heterocycles. The van der Waals surface area contributed by atoms with Crippen molar-refractivity contribution in [1.82, 2.24) is 0 Å². The van der Waals surface area contributed by atoms with E-state index in [-0.39, 0.29) is 39.4 Å². The Hall–Kier alpha value is -5.02. The molecule has 17 nitrogen and oxygen atoms in total. The fourth-order valence-electron chi connectivity index (χ4n) is 3.44. The van der Waals surface area contributed by atoms with Crippen molar-refractivity contribution >= 4 is 66.3 Å². The van der Waals surface area contributed by atoms with Crippen LogP contribution in [0.1, 0.15) is 0 Å². The Morgan fingerprint density at radius 3 is 2.23 bits per heavy atom. The molecule has 0 spiro atoms. The van der Waals surface area contributed by atoms with Crippen LogP contribution in [-0.2, 0) is 29.6 Å². The zero-order valence-corrected chi connectivity index (χ0v) is 23.1. The molecule has 19 heteroatoms. The summed E-state index contributed by atoms with van der Waals surface area (Å²) in [6.07, 6.45) is 5.13. The third-order valence-corrected chi connectivity index (χ3v) is 7.30. The fraction of sp³-hybridized carbons (Fsp3) is 0. The third-order valence-electron chi connectivity index (χ3n) is 5.54. The van der Waals surface area contributed by atoms with Crippen LogP contribution in [0.4, 0.5) is 22.7 Å². The van der Waals surface area contributed by atoms with Crippen LogP contribution >= 0.6 is 0 Å². The minimum Gasteiger partial charge on any atom is -0.397 e. The van der Waals surface area contributed by atoms with E-state index in [1.165, 1.54) is 48.6 Å². The maximum atomic E-state index is 12.0. The van der Waals surface area contributed by atoms with E-state index in [1.54, 1.807) is 0 Å². The van der Waals surface area contributed by atoms with Gasteiger partial charge in [-0.3, -0.25) is 25.2 Å². The van der Waals surface area contributed by atoms with Gasteiger partial charge in [0.15, 0.2) is 0 Å². The van der Waals surface area contributed by atoms with E-state index >= 15 is 0 Å². The highest BCUT2D eigenvalue weighted by Gasteiger charge is 2.31. The van der Waals surface area contributed by atoms with Crippen LogP contribution in [0, 0.1) is 5.41 Å². The van der Waals surface area contributed by atoms with Crippen molar-refractivity contribution in [2.45, 2.75) is 4.90 Å². The van der Waals surface area contributed by atoms with Gasteiger partial charge in [0.1, 0.15) is 22.8 Å². The number of allylic oxidation sites excluding steroid dienone is 5. The highest BCUT2D eigenvalue weighted by molar-refractivity contribution is 7.92. The summed E-state index contributed by atoms with van der Waals surface area (Å²) in [6, 6.07) is 9.48. The molecule has 4 rings (SSSR count). The predicted octanol–water partition coefficient (Wildman–Crippen LogP) is 3.37. The first-order valence-electron chi connectivity index (χ1n) is 11.6. The van der Waals surface area contributed by atoms with Crippen LogP contribution in [0.25, 0.3) is 0 Å². The highest BCUT2D eigenvalue weighted by atomic mass is 32.3. The second-order valence-corrected chi connectivity index (χ2v) is 11.4. The van der Waals surface area contributed by atoms with Crippen LogP contribution in [0.5, 0.6) is 0 Å². The van der Waals surface area contributed by atoms with Crippen LogP contribution < -0.4 is 16.3 Å². The number of hydrogen-bond acceptors (Lipinski definition) is 14. The number of nitrogens with two attached hydrogens (primary N) is 1. The van der Waals surface area contributed by atoms with E-state index in [2.05, 4.69) is 25.7 Å². The summed E-state index contributed by atoms with van der Waals surface area (Å²) in [4.78, 5) is 11.0. The van der Waals surface area contributed by atoms with E-state index in [4.69, 9.17) is 21.6 Å². The van der Waals surface area contributed by atoms with Crippen molar-refractivity contribution in [2.24, 2.45) is 26.2 Å². The summed E-state index contributed by atoms with van der Waals surface area (Å²) in [5.74, 6) is -0.674. The molecule has 2 aliphatic rings. The zero-order valence-electron chi connectivity index (χ0n) is 21.4. The van der Waals surface area contributed by atoms with Crippen molar-refractivity contribution in [3.63, 3.8) is 0 Å². The number of benzene rings is 2. The number of nitrogens with zero attached hydrogens (tertiary/aromatic N) is 5. The maximum Gasteiger partial charge on any atom is 0.388 e. The zero-order chi connectivity index (χ0) is 31.5. The smallest absolute Gasteiger partial charge is 0.388 e. The van der Waals surface area contributed by atoms with Gasteiger partial charge in [0.2, 0.25) is 5.78 Å². The molecule has 2 aromatic carbocycles. The van der Waals surface area contributed by atoms with Gasteiger partial charge in [0.25, 0.3) is 15.0 Å². The molecule has 0 saturated carbocycles. The first kappa shape index (κ1) is 30.9. The summed E-state index contributed by atoms with van der Waals surface area (Å²) in [5.41, 5.74) is 5.93. The Kier molecular flexibility index (Phi) is 8.68. The lowest BCUT2D eigenvalue weighted by Gasteiger charge is -2.12. The summed E-state index contributed by atoms with van der Waals surface area (Å²) in [6.45, 7) is 0. The summed E-state index contributed by atoms with van der Waals surface area (Å²) >= 11 is 0. The molecule has 0 unspecified atom stereocenters. The van der Waals surface area contributed by atoms with E-state index in [0.717, 1.165) is 24.3 Å². The lowest BCUT2D eigenvalue weighted by Crippen LogP contribution is -2.19. The summed E-state index contributed by atoms with van der Waals surface area (Å²) in [5, 5.41) is 44.5. The number of azo groups is 1. The van der Waals surface area contributed by atoms with Crippen molar-refractivity contribution in [3.05, 3.63) is 89.1 Å². The normalized spacial score (nSPS) is 17.7. The first-order chi connectivity index (χ1) is 20.1. The Morgan fingerprint density at radius 1 is 0.930 bits per heavy atom. The van der Waals surface area contributed by atoms with Gasteiger partial charge in [-0.25, -0.2) is 0 Å². The second-order valence-electron chi connectivity index (χ2n) is 8.57. The van der Waals surface area contributed by atoms with Gasteiger partial charge in [-0.1, -0.05) is 0 Å². The Labute approximate surface area is 243 Å².